The lowest BCUT2D eigenvalue weighted by Gasteiger charge is -2.08. The molecule has 0 saturated carbocycles. The first kappa shape index (κ1) is 11.1. The number of anilines is 1. The van der Waals surface area contributed by atoms with Gasteiger partial charge in [-0.05, 0) is 18.2 Å². The number of para-hydroxylation sites is 1. The van der Waals surface area contributed by atoms with Crippen LogP contribution in [0.2, 0.25) is 0 Å². The lowest BCUT2D eigenvalue weighted by atomic mass is 10.2. The minimum Gasteiger partial charge on any atom is -0.397 e. The van der Waals surface area contributed by atoms with Crippen molar-refractivity contribution in [2.75, 3.05) is 5.73 Å². The predicted molar refractivity (Wildman–Crippen MR) is 76.7 cm³/mol. The van der Waals surface area contributed by atoms with Crippen LogP contribution < -0.4 is 5.73 Å². The number of hydrogen-bond donors (Lipinski definition) is 1. The van der Waals surface area contributed by atoms with Crippen LogP contribution in [0.4, 0.5) is 5.69 Å². The van der Waals surface area contributed by atoms with Crippen molar-refractivity contribution in [1.82, 2.24) is 4.98 Å². The first-order valence-electron chi connectivity index (χ1n) is 5.71. The van der Waals surface area contributed by atoms with Crippen molar-refractivity contribution >= 4 is 28.4 Å². The highest BCUT2D eigenvalue weighted by Crippen LogP contribution is 2.36. The second-order valence-corrected chi connectivity index (χ2v) is 5.06. The molecular weight excluding hydrogens is 240 g/mol. The Morgan fingerprint density at radius 2 is 1.61 bits per heavy atom. The van der Waals surface area contributed by atoms with E-state index in [0.717, 1.165) is 21.5 Å². The molecule has 0 saturated heterocycles. The van der Waals surface area contributed by atoms with E-state index in [1.165, 1.54) is 4.90 Å². The van der Waals surface area contributed by atoms with Crippen molar-refractivity contribution in [3.05, 3.63) is 60.8 Å². The molecule has 1 aromatic heterocycles. The zero-order chi connectivity index (χ0) is 12.4. The quantitative estimate of drug-likeness (QED) is 0.750. The Morgan fingerprint density at radius 3 is 2.44 bits per heavy atom. The van der Waals surface area contributed by atoms with Crippen molar-refractivity contribution < 1.29 is 0 Å². The lowest BCUT2D eigenvalue weighted by molar-refractivity contribution is 1.35. The number of benzene rings is 2. The highest BCUT2D eigenvalue weighted by molar-refractivity contribution is 7.99. The monoisotopic (exact) mass is 252 g/mol. The average Bonchev–Trinajstić information content (AvgIpc) is 2.43. The van der Waals surface area contributed by atoms with Gasteiger partial charge in [-0.3, -0.25) is 4.98 Å². The summed E-state index contributed by atoms with van der Waals surface area (Å²) < 4.78 is 0. The van der Waals surface area contributed by atoms with Crippen molar-refractivity contribution in [3.63, 3.8) is 0 Å². The molecule has 0 fully saturated rings. The summed E-state index contributed by atoms with van der Waals surface area (Å²) in [5, 5.41) is 1.10. The summed E-state index contributed by atoms with van der Waals surface area (Å²) in [6, 6.07) is 18.3. The standard InChI is InChI=1S/C15H12N2S/c16-13-10-17-14-9-5-4-8-12(14)15(13)18-11-6-2-1-3-7-11/h1-10H,16H2. The van der Waals surface area contributed by atoms with Gasteiger partial charge in [0.1, 0.15) is 0 Å². The molecule has 2 N–H and O–H groups in total. The lowest BCUT2D eigenvalue weighted by Crippen LogP contribution is -1.92. The number of hydrogen-bond acceptors (Lipinski definition) is 3. The first-order chi connectivity index (χ1) is 8.84. The summed E-state index contributed by atoms with van der Waals surface area (Å²) in [6.07, 6.45) is 1.73. The van der Waals surface area contributed by atoms with Gasteiger partial charge in [0, 0.05) is 15.2 Å². The molecule has 2 nitrogen and oxygen atoms in total. The molecule has 0 atom stereocenters. The van der Waals surface area contributed by atoms with Crippen LogP contribution in [0, 0.1) is 0 Å². The Labute approximate surface area is 110 Å². The van der Waals surface area contributed by atoms with E-state index in [4.69, 9.17) is 5.73 Å². The highest BCUT2D eigenvalue weighted by atomic mass is 32.2. The van der Waals surface area contributed by atoms with Gasteiger partial charge < -0.3 is 5.73 Å². The molecule has 0 bridgehead atoms. The van der Waals surface area contributed by atoms with Crippen molar-refractivity contribution in [2.24, 2.45) is 0 Å². The molecule has 0 radical (unpaired) electrons. The van der Waals surface area contributed by atoms with Crippen molar-refractivity contribution in [2.45, 2.75) is 9.79 Å². The molecule has 3 aromatic rings. The van der Waals surface area contributed by atoms with Gasteiger partial charge in [-0.2, -0.15) is 0 Å². The van der Waals surface area contributed by atoms with Crippen LogP contribution in [0.5, 0.6) is 0 Å². The summed E-state index contributed by atoms with van der Waals surface area (Å²) in [5.41, 5.74) is 7.75. The van der Waals surface area contributed by atoms with Gasteiger partial charge >= 0.3 is 0 Å². The maximum atomic E-state index is 6.05. The molecule has 0 aliphatic carbocycles. The number of rotatable bonds is 2. The van der Waals surface area contributed by atoms with Gasteiger partial charge in [-0.15, -0.1) is 0 Å². The third-order valence-electron chi connectivity index (χ3n) is 2.72. The van der Waals surface area contributed by atoms with Gasteiger partial charge in [0.15, 0.2) is 0 Å². The minimum absolute atomic E-state index is 0.725. The number of aromatic nitrogens is 1. The zero-order valence-electron chi connectivity index (χ0n) is 9.71. The summed E-state index contributed by atoms with van der Waals surface area (Å²) in [5.74, 6) is 0. The van der Waals surface area contributed by atoms with E-state index in [9.17, 15) is 0 Å². The third-order valence-corrected chi connectivity index (χ3v) is 3.88. The molecule has 88 valence electrons. The van der Waals surface area contributed by atoms with Crippen molar-refractivity contribution in [3.8, 4) is 0 Å². The van der Waals surface area contributed by atoms with E-state index in [2.05, 4.69) is 23.2 Å². The van der Waals surface area contributed by atoms with E-state index in [1.807, 2.05) is 36.4 Å². The fourth-order valence-electron chi connectivity index (χ4n) is 1.85. The summed E-state index contributed by atoms with van der Waals surface area (Å²) in [7, 11) is 0. The van der Waals surface area contributed by atoms with Crippen molar-refractivity contribution in [1.29, 1.82) is 0 Å². The van der Waals surface area contributed by atoms with E-state index < -0.39 is 0 Å². The molecule has 0 unspecified atom stereocenters. The highest BCUT2D eigenvalue weighted by Gasteiger charge is 2.07. The van der Waals surface area contributed by atoms with E-state index >= 15 is 0 Å². The Bertz CT molecular complexity index is 680. The fourth-order valence-corrected chi connectivity index (χ4v) is 2.83. The van der Waals surface area contributed by atoms with Crippen LogP contribution in [-0.4, -0.2) is 4.98 Å². The largest absolute Gasteiger partial charge is 0.397 e. The molecule has 3 rings (SSSR count). The molecular formula is C15H12N2S. The Morgan fingerprint density at radius 1 is 0.889 bits per heavy atom. The minimum atomic E-state index is 0.725. The van der Waals surface area contributed by atoms with Crippen LogP contribution >= 0.6 is 11.8 Å². The number of fused-ring (bicyclic) bond motifs is 1. The van der Waals surface area contributed by atoms with E-state index in [1.54, 1.807) is 18.0 Å². The third kappa shape index (κ3) is 2.05. The molecule has 0 amide bonds. The van der Waals surface area contributed by atoms with Gasteiger partial charge in [-0.25, -0.2) is 0 Å². The molecule has 1 heterocycles. The van der Waals surface area contributed by atoms with Gasteiger partial charge in [0.25, 0.3) is 0 Å². The topological polar surface area (TPSA) is 38.9 Å². The van der Waals surface area contributed by atoms with Crippen LogP contribution in [0.25, 0.3) is 10.9 Å². The maximum Gasteiger partial charge on any atom is 0.0715 e. The number of pyridine rings is 1. The number of nitrogens with zero attached hydrogens (tertiary/aromatic N) is 1. The Kier molecular flexibility index (Phi) is 2.90. The predicted octanol–water partition coefficient (Wildman–Crippen LogP) is 3.97. The van der Waals surface area contributed by atoms with Crippen LogP contribution in [0.1, 0.15) is 0 Å². The van der Waals surface area contributed by atoms with Gasteiger partial charge in [0.05, 0.1) is 17.4 Å². The summed E-state index contributed by atoms with van der Waals surface area (Å²) >= 11 is 1.68. The van der Waals surface area contributed by atoms with Gasteiger partial charge in [-0.1, -0.05) is 48.2 Å². The van der Waals surface area contributed by atoms with Crippen LogP contribution in [-0.2, 0) is 0 Å². The molecule has 0 aliphatic heterocycles. The fraction of sp³-hybridized carbons (Fsp3) is 0. The first-order valence-corrected chi connectivity index (χ1v) is 6.52. The van der Waals surface area contributed by atoms with E-state index in [-0.39, 0.29) is 0 Å². The SMILES string of the molecule is Nc1cnc2ccccc2c1Sc1ccccc1. The second-order valence-electron chi connectivity index (χ2n) is 3.97. The second kappa shape index (κ2) is 4.70. The molecule has 18 heavy (non-hydrogen) atoms. The van der Waals surface area contributed by atoms with Crippen LogP contribution in [0.3, 0.4) is 0 Å². The smallest absolute Gasteiger partial charge is 0.0715 e. The van der Waals surface area contributed by atoms with E-state index in [0.29, 0.717) is 0 Å². The zero-order valence-corrected chi connectivity index (χ0v) is 10.5. The molecule has 0 aliphatic rings. The van der Waals surface area contributed by atoms with Gasteiger partial charge in [0.2, 0.25) is 0 Å². The summed E-state index contributed by atoms with van der Waals surface area (Å²) in [6.45, 7) is 0. The average molecular weight is 252 g/mol. The maximum absolute atomic E-state index is 6.05. The molecule has 2 aromatic carbocycles. The normalized spacial score (nSPS) is 10.7. The molecule has 0 spiro atoms. The van der Waals surface area contributed by atoms with Crippen LogP contribution in [0.15, 0.2) is 70.6 Å². The number of nitrogens with two attached hydrogens (primary N) is 1. The molecule has 3 heteroatoms. The Hall–Kier alpha value is -2.00. The number of nitrogen functional groups attached to an aromatic ring is 1. The Balaban J connectivity index is 2.13. The summed E-state index contributed by atoms with van der Waals surface area (Å²) in [4.78, 5) is 6.60.